The van der Waals surface area contributed by atoms with Gasteiger partial charge in [0.25, 0.3) is 0 Å². The summed E-state index contributed by atoms with van der Waals surface area (Å²) >= 11 is 0. The summed E-state index contributed by atoms with van der Waals surface area (Å²) in [6.07, 6.45) is 2.31. The van der Waals surface area contributed by atoms with E-state index in [4.69, 9.17) is 4.74 Å². The highest BCUT2D eigenvalue weighted by molar-refractivity contribution is 5.82. The number of carbonyl (C=O) groups is 2. The van der Waals surface area contributed by atoms with Crippen LogP contribution in [0.3, 0.4) is 0 Å². The predicted octanol–water partition coefficient (Wildman–Crippen LogP) is 2.85. The lowest BCUT2D eigenvalue weighted by Gasteiger charge is -2.26. The Morgan fingerprint density at radius 2 is 1.87 bits per heavy atom. The fourth-order valence-electron chi connectivity index (χ4n) is 2.95. The lowest BCUT2D eigenvalue weighted by molar-refractivity contribution is -0.119. The molecule has 1 aromatic carbocycles. The van der Waals surface area contributed by atoms with E-state index in [1.807, 2.05) is 13.8 Å². The summed E-state index contributed by atoms with van der Waals surface area (Å²) < 4.78 is 5.17. The molecule has 1 aliphatic heterocycles. The van der Waals surface area contributed by atoms with Gasteiger partial charge in [0.05, 0.1) is 0 Å². The van der Waals surface area contributed by atoms with Crippen molar-refractivity contribution >= 4 is 11.9 Å². The fraction of sp³-hybridized carbons (Fsp3) is 0.556. The Morgan fingerprint density at radius 1 is 1.17 bits per heavy atom. The van der Waals surface area contributed by atoms with Crippen LogP contribution >= 0.6 is 0 Å². The topological polar surface area (TPSA) is 58.6 Å². The molecule has 0 aromatic heterocycles. The Kier molecular flexibility index (Phi) is 6.16. The normalized spacial score (nSPS) is 14.7. The molecule has 23 heavy (non-hydrogen) atoms. The molecule has 0 radical (unpaired) electrons. The van der Waals surface area contributed by atoms with Crippen LogP contribution in [0.5, 0.6) is 0 Å². The van der Waals surface area contributed by atoms with Crippen molar-refractivity contribution in [2.45, 2.75) is 46.5 Å². The highest BCUT2D eigenvalue weighted by Crippen LogP contribution is 2.17. The molecule has 1 aromatic rings. The summed E-state index contributed by atoms with van der Waals surface area (Å²) in [5.74, 6) is 0.0967. The van der Waals surface area contributed by atoms with E-state index in [2.05, 4.69) is 24.5 Å². The third kappa shape index (κ3) is 5.06. The van der Waals surface area contributed by atoms with Crippen LogP contribution in [0.25, 0.3) is 0 Å². The van der Waals surface area contributed by atoms with Gasteiger partial charge >= 0.3 is 6.09 Å². The number of Topliss-reactive ketones (excluding diaryl/α,β-unsaturated/α-hetero) is 1. The molecular weight excluding hydrogens is 292 g/mol. The molecule has 0 aliphatic carbocycles. The largest absolute Gasteiger partial charge is 0.448 e. The van der Waals surface area contributed by atoms with E-state index in [1.165, 1.54) is 10.6 Å². The molecule has 126 valence electrons. The molecule has 0 unspecified atom stereocenters. The SMILES string of the molecule is Cc1cc(C)c(CC(=O)CCOC(=O)N2CCCCN2)c(C)c1. The minimum atomic E-state index is -0.389. The van der Waals surface area contributed by atoms with Gasteiger partial charge in [0.2, 0.25) is 0 Å². The standard InChI is InChI=1S/C18H26N2O3/c1-13-10-14(2)17(15(3)11-13)12-16(21)6-9-23-18(22)20-8-5-4-7-19-20/h10-11,19H,4-9,12H2,1-3H3. The highest BCUT2D eigenvalue weighted by Gasteiger charge is 2.18. The maximum absolute atomic E-state index is 12.1. The number of ketones is 1. The molecule has 1 amide bonds. The fourth-order valence-corrected chi connectivity index (χ4v) is 2.95. The highest BCUT2D eigenvalue weighted by atomic mass is 16.6. The molecule has 2 rings (SSSR count). The average molecular weight is 318 g/mol. The van der Waals surface area contributed by atoms with Crippen LogP contribution in [-0.2, 0) is 16.0 Å². The minimum absolute atomic E-state index is 0.0967. The maximum atomic E-state index is 12.1. The molecule has 1 N–H and O–H groups in total. The van der Waals surface area contributed by atoms with Crippen molar-refractivity contribution in [3.8, 4) is 0 Å². The summed E-state index contributed by atoms with van der Waals surface area (Å²) in [4.78, 5) is 24.0. The maximum Gasteiger partial charge on any atom is 0.424 e. The van der Waals surface area contributed by atoms with Gasteiger partial charge in [-0.25, -0.2) is 15.2 Å². The molecule has 0 atom stereocenters. The Hall–Kier alpha value is -1.88. The third-order valence-corrected chi connectivity index (χ3v) is 4.15. The van der Waals surface area contributed by atoms with Gasteiger partial charge < -0.3 is 4.74 Å². The third-order valence-electron chi connectivity index (χ3n) is 4.15. The predicted molar refractivity (Wildman–Crippen MR) is 89.3 cm³/mol. The molecular formula is C18H26N2O3. The van der Waals surface area contributed by atoms with Crippen molar-refractivity contribution < 1.29 is 14.3 Å². The number of benzene rings is 1. The first-order valence-electron chi connectivity index (χ1n) is 8.23. The molecule has 5 heteroatoms. The Balaban J connectivity index is 1.78. The number of hydrogen-bond donors (Lipinski definition) is 1. The summed E-state index contributed by atoms with van der Waals surface area (Å²) in [5.41, 5.74) is 7.57. The Morgan fingerprint density at radius 3 is 2.48 bits per heavy atom. The average Bonchev–Trinajstić information content (AvgIpc) is 2.51. The van der Waals surface area contributed by atoms with Crippen molar-refractivity contribution in [1.29, 1.82) is 0 Å². The van der Waals surface area contributed by atoms with E-state index in [0.29, 0.717) is 13.0 Å². The number of nitrogens with zero attached hydrogens (tertiary/aromatic N) is 1. The molecule has 5 nitrogen and oxygen atoms in total. The minimum Gasteiger partial charge on any atom is -0.448 e. The molecule has 1 saturated heterocycles. The van der Waals surface area contributed by atoms with Crippen molar-refractivity contribution in [1.82, 2.24) is 10.4 Å². The van der Waals surface area contributed by atoms with Crippen LogP contribution in [0, 0.1) is 20.8 Å². The zero-order valence-corrected chi connectivity index (χ0v) is 14.3. The van der Waals surface area contributed by atoms with Gasteiger partial charge in [-0.2, -0.15) is 0 Å². The second-order valence-corrected chi connectivity index (χ2v) is 6.22. The summed E-state index contributed by atoms with van der Waals surface area (Å²) in [5, 5.41) is 1.49. The van der Waals surface area contributed by atoms with Crippen LogP contribution < -0.4 is 5.43 Å². The van der Waals surface area contributed by atoms with Crippen molar-refractivity contribution in [3.63, 3.8) is 0 Å². The van der Waals surface area contributed by atoms with E-state index in [9.17, 15) is 9.59 Å². The number of carbonyl (C=O) groups excluding carboxylic acids is 2. The lowest BCUT2D eigenvalue weighted by atomic mass is 9.95. The summed E-state index contributed by atoms with van der Waals surface area (Å²) in [7, 11) is 0. The number of rotatable bonds is 5. The number of ether oxygens (including phenoxy) is 1. The van der Waals surface area contributed by atoms with Crippen molar-refractivity contribution in [3.05, 3.63) is 34.4 Å². The van der Waals surface area contributed by atoms with Crippen LogP contribution in [0.1, 0.15) is 41.5 Å². The number of nitrogens with one attached hydrogen (secondary N) is 1. The quantitative estimate of drug-likeness (QED) is 0.907. The Labute approximate surface area is 138 Å². The smallest absolute Gasteiger partial charge is 0.424 e. The molecule has 1 aliphatic rings. The van der Waals surface area contributed by atoms with Crippen molar-refractivity contribution in [2.24, 2.45) is 0 Å². The number of hydrazine groups is 1. The van der Waals surface area contributed by atoms with Gasteiger partial charge in [0.15, 0.2) is 0 Å². The van der Waals surface area contributed by atoms with Crippen LogP contribution in [-0.4, -0.2) is 36.6 Å². The molecule has 0 saturated carbocycles. The van der Waals surface area contributed by atoms with Gasteiger partial charge in [0.1, 0.15) is 12.4 Å². The van der Waals surface area contributed by atoms with Gasteiger partial charge in [0, 0.05) is 25.9 Å². The zero-order chi connectivity index (χ0) is 16.8. The van der Waals surface area contributed by atoms with Crippen LogP contribution in [0.4, 0.5) is 4.79 Å². The van der Waals surface area contributed by atoms with Crippen molar-refractivity contribution in [2.75, 3.05) is 19.7 Å². The van der Waals surface area contributed by atoms with E-state index in [1.54, 1.807) is 0 Å². The molecule has 1 fully saturated rings. The Bertz CT molecular complexity index is 555. The van der Waals surface area contributed by atoms with Gasteiger partial charge in [-0.1, -0.05) is 17.7 Å². The molecule has 1 heterocycles. The van der Waals surface area contributed by atoms with E-state index < -0.39 is 0 Å². The first kappa shape index (κ1) is 17.5. The van der Waals surface area contributed by atoms with Gasteiger partial charge in [-0.15, -0.1) is 0 Å². The van der Waals surface area contributed by atoms with Crippen LogP contribution in [0.2, 0.25) is 0 Å². The van der Waals surface area contributed by atoms with E-state index in [-0.39, 0.29) is 24.9 Å². The molecule has 0 spiro atoms. The number of aryl methyl sites for hydroxylation is 3. The number of hydrogen-bond acceptors (Lipinski definition) is 4. The summed E-state index contributed by atoms with van der Waals surface area (Å²) in [6, 6.07) is 4.19. The molecule has 0 bridgehead atoms. The van der Waals surface area contributed by atoms with Gasteiger partial charge in [-0.3, -0.25) is 4.79 Å². The number of amides is 1. The van der Waals surface area contributed by atoms with E-state index in [0.717, 1.165) is 36.1 Å². The second kappa shape index (κ2) is 8.11. The summed E-state index contributed by atoms with van der Waals surface area (Å²) in [6.45, 7) is 7.71. The van der Waals surface area contributed by atoms with Crippen LogP contribution in [0.15, 0.2) is 12.1 Å². The van der Waals surface area contributed by atoms with Gasteiger partial charge in [-0.05, 0) is 50.3 Å². The zero-order valence-electron chi connectivity index (χ0n) is 14.3. The monoisotopic (exact) mass is 318 g/mol. The van der Waals surface area contributed by atoms with E-state index >= 15 is 0 Å². The first-order chi connectivity index (χ1) is 11.0. The lowest BCUT2D eigenvalue weighted by Crippen LogP contribution is -2.47. The second-order valence-electron chi connectivity index (χ2n) is 6.22. The first-order valence-corrected chi connectivity index (χ1v) is 8.23.